The van der Waals surface area contributed by atoms with Gasteiger partial charge in [0.05, 0.1) is 28.3 Å². The van der Waals surface area contributed by atoms with Crippen LogP contribution in [0, 0.1) is 6.92 Å². The van der Waals surface area contributed by atoms with Crippen molar-refractivity contribution in [3.63, 3.8) is 0 Å². The molecular weight excluding hydrogens is 383 g/mol. The van der Waals surface area contributed by atoms with Crippen LogP contribution in [0.5, 0.6) is 0 Å². The maximum absolute atomic E-state index is 12.1. The predicted molar refractivity (Wildman–Crippen MR) is 99.3 cm³/mol. The van der Waals surface area contributed by atoms with Crippen LogP contribution in [-0.4, -0.2) is 26.4 Å². The number of furan rings is 1. The summed E-state index contributed by atoms with van der Waals surface area (Å²) in [6.07, 6.45) is 1.61. The Hall–Kier alpha value is -1.96. The summed E-state index contributed by atoms with van der Waals surface area (Å²) in [4.78, 5) is 12.1. The van der Waals surface area contributed by atoms with Gasteiger partial charge in [-0.1, -0.05) is 35.0 Å². The van der Waals surface area contributed by atoms with Gasteiger partial charge in [0, 0.05) is 12.1 Å². The monoisotopic (exact) mass is 396 g/mol. The van der Waals surface area contributed by atoms with Crippen LogP contribution in [0.25, 0.3) is 11.4 Å². The highest BCUT2D eigenvalue weighted by atomic mass is 35.5. The van der Waals surface area contributed by atoms with Crippen molar-refractivity contribution in [2.45, 2.75) is 12.1 Å². The van der Waals surface area contributed by atoms with Gasteiger partial charge in [0.2, 0.25) is 5.91 Å². The van der Waals surface area contributed by atoms with Crippen LogP contribution in [0.1, 0.15) is 5.76 Å². The van der Waals surface area contributed by atoms with E-state index in [2.05, 4.69) is 15.5 Å². The average molecular weight is 397 g/mol. The van der Waals surface area contributed by atoms with Crippen molar-refractivity contribution < 1.29 is 9.21 Å². The molecule has 0 atom stereocenters. The Kier molecular flexibility index (Phi) is 5.36. The molecule has 0 aliphatic carbocycles. The number of thioether (sulfide) groups is 1. The molecule has 0 spiro atoms. The zero-order valence-corrected chi connectivity index (χ0v) is 15.7. The average Bonchev–Trinajstić information content (AvgIpc) is 3.14. The number of aromatic nitrogens is 3. The minimum Gasteiger partial charge on any atom is -0.469 e. The lowest BCUT2D eigenvalue weighted by Crippen LogP contribution is -2.14. The fraction of sp³-hybridized carbons (Fsp3) is 0.188. The Morgan fingerprint density at radius 1 is 1.32 bits per heavy atom. The first-order valence-electron chi connectivity index (χ1n) is 7.27. The number of halogens is 2. The number of nitrogens with one attached hydrogen (secondary N) is 1. The summed E-state index contributed by atoms with van der Waals surface area (Å²) in [6.45, 7) is 1.86. The zero-order valence-electron chi connectivity index (χ0n) is 13.4. The number of carbonyl (C=O) groups is 1. The topological polar surface area (TPSA) is 72.9 Å². The molecule has 0 saturated heterocycles. The molecule has 130 valence electrons. The third-order valence-electron chi connectivity index (χ3n) is 3.47. The molecular formula is C16H14Cl2N4O2S. The van der Waals surface area contributed by atoms with Gasteiger partial charge in [-0.3, -0.25) is 4.79 Å². The van der Waals surface area contributed by atoms with E-state index >= 15 is 0 Å². The third kappa shape index (κ3) is 4.00. The van der Waals surface area contributed by atoms with Crippen molar-refractivity contribution >= 4 is 46.6 Å². The van der Waals surface area contributed by atoms with E-state index < -0.39 is 0 Å². The highest BCUT2D eigenvalue weighted by Crippen LogP contribution is 2.27. The number of carbonyl (C=O) groups excluding carboxylic acids is 1. The van der Waals surface area contributed by atoms with Crippen LogP contribution in [0.2, 0.25) is 10.0 Å². The number of nitrogens with zero attached hydrogens (tertiary/aromatic N) is 3. The normalized spacial score (nSPS) is 10.9. The first-order valence-corrected chi connectivity index (χ1v) is 9.01. The zero-order chi connectivity index (χ0) is 18.0. The molecule has 0 fully saturated rings. The molecule has 0 bridgehead atoms. The second kappa shape index (κ2) is 7.51. The van der Waals surface area contributed by atoms with Crippen molar-refractivity contribution in [2.75, 3.05) is 11.1 Å². The van der Waals surface area contributed by atoms with Crippen LogP contribution in [0.3, 0.4) is 0 Å². The predicted octanol–water partition coefficient (Wildman–Crippen LogP) is 4.42. The molecule has 1 N–H and O–H groups in total. The molecule has 0 radical (unpaired) electrons. The summed E-state index contributed by atoms with van der Waals surface area (Å²) in [7, 11) is 1.85. The highest BCUT2D eigenvalue weighted by molar-refractivity contribution is 7.99. The molecule has 0 aliphatic rings. The summed E-state index contributed by atoms with van der Waals surface area (Å²) >= 11 is 13.2. The van der Waals surface area contributed by atoms with Gasteiger partial charge in [0.1, 0.15) is 5.76 Å². The van der Waals surface area contributed by atoms with Gasteiger partial charge >= 0.3 is 0 Å². The second-order valence-electron chi connectivity index (χ2n) is 5.22. The Bertz CT molecular complexity index is 923. The summed E-state index contributed by atoms with van der Waals surface area (Å²) in [5, 5.41) is 12.6. The minimum atomic E-state index is -0.196. The second-order valence-corrected chi connectivity index (χ2v) is 7.00. The van der Waals surface area contributed by atoms with Crippen LogP contribution in [0.15, 0.2) is 40.1 Å². The van der Waals surface area contributed by atoms with Gasteiger partial charge in [-0.25, -0.2) is 0 Å². The van der Waals surface area contributed by atoms with Crippen LogP contribution < -0.4 is 5.32 Å². The van der Waals surface area contributed by atoms with E-state index in [4.69, 9.17) is 27.6 Å². The van der Waals surface area contributed by atoms with E-state index in [9.17, 15) is 4.79 Å². The number of amides is 1. The van der Waals surface area contributed by atoms with Gasteiger partial charge in [0.25, 0.3) is 0 Å². The summed E-state index contributed by atoms with van der Waals surface area (Å²) in [5.74, 6) is 1.44. The highest BCUT2D eigenvalue weighted by Gasteiger charge is 2.16. The Balaban J connectivity index is 1.65. The Morgan fingerprint density at radius 3 is 2.80 bits per heavy atom. The molecule has 25 heavy (non-hydrogen) atoms. The van der Waals surface area contributed by atoms with Crippen LogP contribution in [0.4, 0.5) is 5.69 Å². The van der Waals surface area contributed by atoms with E-state index in [0.29, 0.717) is 26.7 Å². The van der Waals surface area contributed by atoms with Crippen LogP contribution >= 0.6 is 35.0 Å². The number of aryl methyl sites for hydroxylation is 1. The molecule has 0 aliphatic heterocycles. The Morgan fingerprint density at radius 2 is 2.12 bits per heavy atom. The third-order valence-corrected chi connectivity index (χ3v) is 5.04. The lowest BCUT2D eigenvalue weighted by molar-refractivity contribution is -0.113. The number of anilines is 1. The molecule has 2 aromatic heterocycles. The lowest BCUT2D eigenvalue weighted by Gasteiger charge is -2.07. The molecule has 3 rings (SSSR count). The molecule has 2 heterocycles. The number of hydrogen-bond donors (Lipinski definition) is 1. The molecule has 1 aromatic carbocycles. The van der Waals surface area contributed by atoms with Crippen molar-refractivity contribution in [3.05, 3.63) is 46.3 Å². The molecule has 6 nitrogen and oxygen atoms in total. The smallest absolute Gasteiger partial charge is 0.234 e. The van der Waals surface area contributed by atoms with E-state index in [0.717, 1.165) is 11.3 Å². The summed E-state index contributed by atoms with van der Waals surface area (Å²) < 4.78 is 7.12. The first kappa shape index (κ1) is 17.8. The van der Waals surface area contributed by atoms with E-state index in [1.54, 1.807) is 24.5 Å². The maximum Gasteiger partial charge on any atom is 0.234 e. The van der Waals surface area contributed by atoms with Gasteiger partial charge in [0.15, 0.2) is 11.0 Å². The number of hydrogen-bond acceptors (Lipinski definition) is 5. The van der Waals surface area contributed by atoms with E-state index in [-0.39, 0.29) is 11.7 Å². The fourth-order valence-electron chi connectivity index (χ4n) is 2.20. The Labute approximate surface area is 158 Å². The van der Waals surface area contributed by atoms with Crippen molar-refractivity contribution in [3.8, 4) is 11.4 Å². The van der Waals surface area contributed by atoms with Gasteiger partial charge in [-0.2, -0.15) is 0 Å². The standard InChI is InChI=1S/C16H14Cl2N4O2S/c1-9-11(5-6-24-9)15-20-21-16(22(15)2)25-8-14(23)19-13-4-3-10(17)7-12(13)18/h3-7H,8H2,1-2H3,(H,19,23). The first-order chi connectivity index (χ1) is 12.0. The molecule has 0 unspecified atom stereocenters. The minimum absolute atomic E-state index is 0.176. The SMILES string of the molecule is Cc1occc1-c1nnc(SCC(=O)Nc2ccc(Cl)cc2Cl)n1C. The molecule has 3 aromatic rings. The quantitative estimate of drug-likeness (QED) is 0.646. The van der Waals surface area contributed by atoms with E-state index in [1.807, 2.05) is 24.6 Å². The van der Waals surface area contributed by atoms with Gasteiger partial charge in [-0.15, -0.1) is 10.2 Å². The fourth-order valence-corrected chi connectivity index (χ4v) is 3.37. The molecule has 1 amide bonds. The van der Waals surface area contributed by atoms with Crippen molar-refractivity contribution in [1.29, 1.82) is 0 Å². The number of rotatable bonds is 5. The van der Waals surface area contributed by atoms with Crippen molar-refractivity contribution in [1.82, 2.24) is 14.8 Å². The van der Waals surface area contributed by atoms with Crippen molar-refractivity contribution in [2.24, 2.45) is 7.05 Å². The molecule has 9 heteroatoms. The lowest BCUT2D eigenvalue weighted by atomic mass is 10.2. The summed E-state index contributed by atoms with van der Waals surface area (Å²) in [6, 6.07) is 6.74. The number of benzene rings is 1. The molecule has 0 saturated carbocycles. The summed E-state index contributed by atoms with van der Waals surface area (Å²) in [5.41, 5.74) is 1.39. The van der Waals surface area contributed by atoms with Crippen LogP contribution in [-0.2, 0) is 11.8 Å². The largest absolute Gasteiger partial charge is 0.469 e. The van der Waals surface area contributed by atoms with Gasteiger partial charge < -0.3 is 14.3 Å². The van der Waals surface area contributed by atoms with E-state index in [1.165, 1.54) is 11.8 Å². The van der Waals surface area contributed by atoms with Gasteiger partial charge in [-0.05, 0) is 31.2 Å². The maximum atomic E-state index is 12.1.